The van der Waals surface area contributed by atoms with E-state index in [1.165, 1.54) is 13.2 Å². The molecule has 0 spiro atoms. The van der Waals surface area contributed by atoms with Crippen LogP contribution in [0.3, 0.4) is 0 Å². The van der Waals surface area contributed by atoms with Gasteiger partial charge in [-0.2, -0.15) is 0 Å². The van der Waals surface area contributed by atoms with Gasteiger partial charge in [0.1, 0.15) is 0 Å². The molecule has 2 N–H and O–H groups in total. The van der Waals surface area contributed by atoms with E-state index in [9.17, 15) is 9.59 Å². The number of halogens is 1. The van der Waals surface area contributed by atoms with Gasteiger partial charge in [0.15, 0.2) is 5.16 Å². The molecule has 0 saturated heterocycles. The molecular formula is C14H14ClN3O3S. The molecule has 0 aliphatic rings. The van der Waals surface area contributed by atoms with Gasteiger partial charge in [-0.3, -0.25) is 9.59 Å². The van der Waals surface area contributed by atoms with Gasteiger partial charge >= 0.3 is 0 Å². The lowest BCUT2D eigenvalue weighted by Gasteiger charge is -2.07. The van der Waals surface area contributed by atoms with Crippen molar-refractivity contribution >= 4 is 35.0 Å². The highest BCUT2D eigenvalue weighted by atomic mass is 35.5. The second-order valence-corrected chi connectivity index (χ2v) is 5.66. The number of nitrogens with one attached hydrogen (secondary N) is 2. The highest BCUT2D eigenvalue weighted by Crippen LogP contribution is 2.21. The number of hydrogen-bond acceptors (Lipinski definition) is 5. The average molecular weight is 340 g/mol. The molecule has 0 saturated carbocycles. The predicted molar refractivity (Wildman–Crippen MR) is 86.4 cm³/mol. The standard InChI is InChI=1S/C14H14ClN3O3S/c1-21-7-9-6-12(19)18-14(16-9)22-8-13(20)17-11-5-3-2-4-10(11)15/h2-6H,7-8H2,1H3,(H,17,20)(H,16,18,19). The van der Waals surface area contributed by atoms with Gasteiger partial charge in [0, 0.05) is 13.2 Å². The summed E-state index contributed by atoms with van der Waals surface area (Å²) in [4.78, 5) is 30.1. The molecule has 0 aliphatic carbocycles. The van der Waals surface area contributed by atoms with Crippen molar-refractivity contribution in [3.63, 3.8) is 0 Å². The van der Waals surface area contributed by atoms with Crippen LogP contribution >= 0.6 is 23.4 Å². The first-order chi connectivity index (χ1) is 10.6. The van der Waals surface area contributed by atoms with Crippen molar-refractivity contribution < 1.29 is 9.53 Å². The zero-order valence-corrected chi connectivity index (χ0v) is 13.3. The summed E-state index contributed by atoms with van der Waals surface area (Å²) in [5, 5.41) is 3.54. The highest BCUT2D eigenvalue weighted by Gasteiger charge is 2.08. The third-order valence-corrected chi connectivity index (χ3v) is 3.76. The largest absolute Gasteiger partial charge is 0.378 e. The van der Waals surface area contributed by atoms with Crippen LogP contribution < -0.4 is 10.9 Å². The summed E-state index contributed by atoms with van der Waals surface area (Å²) >= 11 is 7.10. The zero-order valence-electron chi connectivity index (χ0n) is 11.8. The summed E-state index contributed by atoms with van der Waals surface area (Å²) in [5.74, 6) is -0.136. The average Bonchev–Trinajstić information content (AvgIpc) is 2.47. The van der Waals surface area contributed by atoms with Crippen LogP contribution in [0.2, 0.25) is 5.02 Å². The molecule has 6 nitrogen and oxygen atoms in total. The van der Waals surface area contributed by atoms with E-state index in [0.717, 1.165) is 11.8 Å². The Labute approximate surface area is 136 Å². The first-order valence-electron chi connectivity index (χ1n) is 6.35. The van der Waals surface area contributed by atoms with Crippen LogP contribution in [0.25, 0.3) is 0 Å². The van der Waals surface area contributed by atoms with E-state index in [4.69, 9.17) is 16.3 Å². The van der Waals surface area contributed by atoms with Gasteiger partial charge in [0.2, 0.25) is 5.91 Å². The van der Waals surface area contributed by atoms with Crippen molar-refractivity contribution in [2.24, 2.45) is 0 Å². The monoisotopic (exact) mass is 339 g/mol. The minimum absolute atomic E-state index is 0.102. The molecular weight excluding hydrogens is 326 g/mol. The number of aromatic amines is 1. The SMILES string of the molecule is COCc1cc(=O)[nH]c(SCC(=O)Nc2ccccc2Cl)n1. The Morgan fingerprint density at radius 3 is 2.95 bits per heavy atom. The van der Waals surface area contributed by atoms with Crippen molar-refractivity contribution in [1.29, 1.82) is 0 Å². The molecule has 1 aromatic carbocycles. The maximum absolute atomic E-state index is 11.9. The number of aromatic nitrogens is 2. The fourth-order valence-electron chi connectivity index (χ4n) is 1.66. The molecule has 1 amide bonds. The first-order valence-corrected chi connectivity index (χ1v) is 7.71. The number of carbonyl (C=O) groups excluding carboxylic acids is 1. The van der Waals surface area contributed by atoms with Crippen molar-refractivity contribution in [2.75, 3.05) is 18.2 Å². The van der Waals surface area contributed by atoms with E-state index in [0.29, 0.717) is 21.6 Å². The molecule has 116 valence electrons. The van der Waals surface area contributed by atoms with Crippen molar-refractivity contribution in [3.8, 4) is 0 Å². The number of thioether (sulfide) groups is 1. The molecule has 1 heterocycles. The summed E-state index contributed by atoms with van der Waals surface area (Å²) in [6.07, 6.45) is 0. The number of methoxy groups -OCH3 is 1. The van der Waals surface area contributed by atoms with Crippen molar-refractivity contribution in [3.05, 3.63) is 51.4 Å². The van der Waals surface area contributed by atoms with E-state index in [1.54, 1.807) is 24.3 Å². The molecule has 0 aliphatic heterocycles. The number of amides is 1. The third kappa shape index (κ3) is 4.87. The second kappa shape index (κ2) is 7.98. The van der Waals surface area contributed by atoms with Gasteiger partial charge < -0.3 is 15.0 Å². The molecule has 1 aromatic heterocycles. The van der Waals surface area contributed by atoms with Crippen LogP contribution in [-0.4, -0.2) is 28.7 Å². The van der Waals surface area contributed by atoms with Gasteiger partial charge in [0.05, 0.1) is 28.8 Å². The number of carbonyl (C=O) groups is 1. The summed E-state index contributed by atoms with van der Waals surface area (Å²) in [6.45, 7) is 0.239. The molecule has 0 atom stereocenters. The minimum Gasteiger partial charge on any atom is -0.378 e. The van der Waals surface area contributed by atoms with Crippen LogP contribution in [-0.2, 0) is 16.1 Å². The van der Waals surface area contributed by atoms with E-state index in [1.807, 2.05) is 0 Å². The summed E-state index contributed by atoms with van der Waals surface area (Å²) < 4.78 is 4.94. The quantitative estimate of drug-likeness (QED) is 0.623. The van der Waals surface area contributed by atoms with Crippen LogP contribution in [0, 0.1) is 0 Å². The van der Waals surface area contributed by atoms with Gasteiger partial charge in [-0.15, -0.1) is 0 Å². The number of hydrogen-bond donors (Lipinski definition) is 2. The number of anilines is 1. The topological polar surface area (TPSA) is 84.1 Å². The fraction of sp³-hybridized carbons (Fsp3) is 0.214. The van der Waals surface area contributed by atoms with Gasteiger partial charge in [-0.05, 0) is 12.1 Å². The Morgan fingerprint density at radius 2 is 2.23 bits per heavy atom. The molecule has 0 unspecified atom stereocenters. The smallest absolute Gasteiger partial charge is 0.251 e. The molecule has 8 heteroatoms. The molecule has 0 radical (unpaired) electrons. The molecule has 2 aromatic rings. The zero-order chi connectivity index (χ0) is 15.9. The van der Waals surface area contributed by atoms with Crippen LogP contribution in [0.15, 0.2) is 40.3 Å². The molecule has 0 bridgehead atoms. The number of ether oxygens (including phenoxy) is 1. The number of H-pyrrole nitrogens is 1. The first kappa shape index (κ1) is 16.5. The lowest BCUT2D eigenvalue weighted by Crippen LogP contribution is -2.16. The number of para-hydroxylation sites is 1. The Balaban J connectivity index is 1.96. The number of rotatable bonds is 6. The Morgan fingerprint density at radius 1 is 1.45 bits per heavy atom. The third-order valence-electron chi connectivity index (χ3n) is 2.55. The maximum atomic E-state index is 11.9. The molecule has 2 rings (SSSR count). The predicted octanol–water partition coefficient (Wildman–Crippen LogP) is 2.30. The Kier molecular flexibility index (Phi) is 6.00. The van der Waals surface area contributed by atoms with Crippen LogP contribution in [0.5, 0.6) is 0 Å². The molecule has 22 heavy (non-hydrogen) atoms. The van der Waals surface area contributed by atoms with Gasteiger partial charge in [-0.25, -0.2) is 4.98 Å². The minimum atomic E-state index is -0.281. The highest BCUT2D eigenvalue weighted by molar-refractivity contribution is 7.99. The fourth-order valence-corrected chi connectivity index (χ4v) is 2.53. The molecule has 0 fully saturated rings. The van der Waals surface area contributed by atoms with E-state index in [2.05, 4.69) is 15.3 Å². The summed E-state index contributed by atoms with van der Waals surface area (Å²) in [7, 11) is 1.52. The number of nitrogens with zero attached hydrogens (tertiary/aromatic N) is 1. The second-order valence-electron chi connectivity index (χ2n) is 4.29. The van der Waals surface area contributed by atoms with Crippen molar-refractivity contribution in [1.82, 2.24) is 9.97 Å². The number of benzene rings is 1. The maximum Gasteiger partial charge on any atom is 0.251 e. The van der Waals surface area contributed by atoms with E-state index < -0.39 is 0 Å². The Bertz CT molecular complexity index is 720. The lowest BCUT2D eigenvalue weighted by atomic mass is 10.3. The normalized spacial score (nSPS) is 10.5. The van der Waals surface area contributed by atoms with E-state index >= 15 is 0 Å². The van der Waals surface area contributed by atoms with Gasteiger partial charge in [-0.1, -0.05) is 35.5 Å². The van der Waals surface area contributed by atoms with Gasteiger partial charge in [0.25, 0.3) is 5.56 Å². The van der Waals surface area contributed by atoms with Crippen LogP contribution in [0.4, 0.5) is 5.69 Å². The van der Waals surface area contributed by atoms with Crippen molar-refractivity contribution in [2.45, 2.75) is 11.8 Å². The lowest BCUT2D eigenvalue weighted by molar-refractivity contribution is -0.113. The Hall–Kier alpha value is -1.83. The summed E-state index contributed by atoms with van der Waals surface area (Å²) in [5.41, 5.74) is 0.778. The summed E-state index contributed by atoms with van der Waals surface area (Å²) in [6, 6.07) is 8.32. The van der Waals surface area contributed by atoms with Crippen LogP contribution in [0.1, 0.15) is 5.69 Å². The van der Waals surface area contributed by atoms with E-state index in [-0.39, 0.29) is 23.8 Å².